The van der Waals surface area contributed by atoms with Gasteiger partial charge in [-0.1, -0.05) is 23.4 Å². The number of para-hydroxylation sites is 1. The summed E-state index contributed by atoms with van der Waals surface area (Å²) in [5.74, 6) is 0.838. The van der Waals surface area contributed by atoms with Gasteiger partial charge in [0.2, 0.25) is 5.13 Å². The van der Waals surface area contributed by atoms with Crippen LogP contribution in [0, 0.1) is 0 Å². The average molecular weight is 314 g/mol. The first kappa shape index (κ1) is 14.4. The van der Waals surface area contributed by atoms with E-state index in [1.165, 1.54) is 11.3 Å². The SMILES string of the molecule is O=Cc1nnn(-c2nccs2)c1CCCOc1ccccc1. The van der Waals surface area contributed by atoms with E-state index in [0.717, 1.165) is 24.2 Å². The molecule has 3 rings (SSSR count). The summed E-state index contributed by atoms with van der Waals surface area (Å²) in [4.78, 5) is 15.3. The number of rotatable bonds is 7. The molecule has 0 aliphatic heterocycles. The molecule has 0 N–H and O–H groups in total. The smallest absolute Gasteiger partial charge is 0.211 e. The van der Waals surface area contributed by atoms with E-state index in [1.54, 1.807) is 10.9 Å². The molecule has 3 aromatic rings. The lowest BCUT2D eigenvalue weighted by molar-refractivity contribution is 0.111. The monoisotopic (exact) mass is 314 g/mol. The Balaban J connectivity index is 1.64. The van der Waals surface area contributed by atoms with Crippen molar-refractivity contribution in [3.8, 4) is 10.9 Å². The zero-order valence-corrected chi connectivity index (χ0v) is 12.6. The fourth-order valence-electron chi connectivity index (χ4n) is 2.06. The number of aldehydes is 1. The lowest BCUT2D eigenvalue weighted by atomic mass is 10.2. The topological polar surface area (TPSA) is 69.9 Å². The number of carbonyl (C=O) groups is 1. The molecule has 0 spiro atoms. The second-order valence-electron chi connectivity index (χ2n) is 4.53. The Morgan fingerprint density at radius 3 is 2.86 bits per heavy atom. The molecule has 0 bridgehead atoms. The second-order valence-corrected chi connectivity index (χ2v) is 5.40. The largest absolute Gasteiger partial charge is 0.494 e. The highest BCUT2D eigenvalue weighted by atomic mass is 32.1. The summed E-state index contributed by atoms with van der Waals surface area (Å²) in [7, 11) is 0. The number of thiazole rings is 1. The maximum absolute atomic E-state index is 11.1. The van der Waals surface area contributed by atoms with E-state index in [4.69, 9.17) is 4.74 Å². The van der Waals surface area contributed by atoms with Crippen molar-refractivity contribution in [3.63, 3.8) is 0 Å². The lowest BCUT2D eigenvalue weighted by Crippen LogP contribution is -2.06. The summed E-state index contributed by atoms with van der Waals surface area (Å²) in [6.07, 6.45) is 3.83. The molecule has 0 aliphatic carbocycles. The van der Waals surface area contributed by atoms with Crippen molar-refractivity contribution < 1.29 is 9.53 Å². The number of hydrogen-bond donors (Lipinski definition) is 0. The van der Waals surface area contributed by atoms with Gasteiger partial charge < -0.3 is 4.74 Å². The Kier molecular flexibility index (Phi) is 4.55. The summed E-state index contributed by atoms with van der Waals surface area (Å²) in [6.45, 7) is 0.561. The third kappa shape index (κ3) is 3.20. The molecule has 112 valence electrons. The van der Waals surface area contributed by atoms with Crippen LogP contribution in [0.1, 0.15) is 22.6 Å². The maximum atomic E-state index is 11.1. The van der Waals surface area contributed by atoms with E-state index >= 15 is 0 Å². The minimum absolute atomic E-state index is 0.356. The number of ether oxygens (including phenoxy) is 1. The summed E-state index contributed by atoms with van der Waals surface area (Å²) in [6, 6.07) is 9.64. The first-order chi connectivity index (χ1) is 10.9. The Labute approximate surface area is 131 Å². The lowest BCUT2D eigenvalue weighted by Gasteiger charge is -2.06. The number of aromatic nitrogens is 4. The van der Waals surface area contributed by atoms with Crippen molar-refractivity contribution in [1.29, 1.82) is 0 Å². The van der Waals surface area contributed by atoms with Crippen molar-refractivity contribution in [2.24, 2.45) is 0 Å². The minimum Gasteiger partial charge on any atom is -0.494 e. The molecule has 0 saturated carbocycles. The first-order valence-electron chi connectivity index (χ1n) is 6.86. The standard InChI is InChI=1S/C15H14N4O2S/c20-11-13-14(19(18-17-13)15-16-8-10-22-15)7-4-9-21-12-5-2-1-3-6-12/h1-3,5-6,8,10-11H,4,7,9H2. The average Bonchev–Trinajstić information content (AvgIpc) is 3.21. The zero-order chi connectivity index (χ0) is 15.2. The normalized spacial score (nSPS) is 10.5. The quantitative estimate of drug-likeness (QED) is 0.495. The highest BCUT2D eigenvalue weighted by Crippen LogP contribution is 2.16. The van der Waals surface area contributed by atoms with Gasteiger partial charge in [0, 0.05) is 11.6 Å². The van der Waals surface area contributed by atoms with Crippen LogP contribution in [-0.2, 0) is 6.42 Å². The highest BCUT2D eigenvalue weighted by Gasteiger charge is 2.14. The predicted octanol–water partition coefficient (Wildman–Crippen LogP) is 2.55. The van der Waals surface area contributed by atoms with Crippen LogP contribution in [0.2, 0.25) is 0 Å². The van der Waals surface area contributed by atoms with Crippen LogP contribution in [0.3, 0.4) is 0 Å². The molecule has 0 radical (unpaired) electrons. The molecule has 0 atom stereocenters. The van der Waals surface area contributed by atoms with E-state index in [-0.39, 0.29) is 0 Å². The van der Waals surface area contributed by atoms with Crippen molar-refractivity contribution >= 4 is 17.6 Å². The Morgan fingerprint density at radius 2 is 2.14 bits per heavy atom. The van der Waals surface area contributed by atoms with Crippen molar-refractivity contribution in [2.75, 3.05) is 6.61 Å². The van der Waals surface area contributed by atoms with Gasteiger partial charge in [0.1, 0.15) is 11.4 Å². The van der Waals surface area contributed by atoms with E-state index in [2.05, 4.69) is 15.3 Å². The van der Waals surface area contributed by atoms with Gasteiger partial charge >= 0.3 is 0 Å². The minimum atomic E-state index is 0.356. The van der Waals surface area contributed by atoms with Crippen LogP contribution >= 0.6 is 11.3 Å². The molecule has 1 aromatic carbocycles. The molecular formula is C15H14N4O2S. The summed E-state index contributed by atoms with van der Waals surface area (Å²) in [5, 5.41) is 10.5. The molecule has 6 nitrogen and oxygen atoms in total. The van der Waals surface area contributed by atoms with Gasteiger partial charge in [-0.05, 0) is 25.0 Å². The van der Waals surface area contributed by atoms with Crippen LogP contribution in [0.5, 0.6) is 5.75 Å². The van der Waals surface area contributed by atoms with Crippen LogP contribution in [0.25, 0.3) is 5.13 Å². The number of carbonyl (C=O) groups excluding carboxylic acids is 1. The van der Waals surface area contributed by atoms with Crippen LogP contribution < -0.4 is 4.74 Å². The zero-order valence-electron chi connectivity index (χ0n) is 11.8. The van der Waals surface area contributed by atoms with Crippen molar-refractivity contribution in [3.05, 3.63) is 53.3 Å². The predicted molar refractivity (Wildman–Crippen MR) is 82.7 cm³/mol. The third-order valence-corrected chi connectivity index (χ3v) is 3.82. The second kappa shape index (κ2) is 6.95. The van der Waals surface area contributed by atoms with Crippen molar-refractivity contribution in [2.45, 2.75) is 12.8 Å². The third-order valence-electron chi connectivity index (χ3n) is 3.08. The Morgan fingerprint density at radius 1 is 1.27 bits per heavy atom. The first-order valence-corrected chi connectivity index (χ1v) is 7.74. The highest BCUT2D eigenvalue weighted by molar-refractivity contribution is 7.12. The molecule has 0 unspecified atom stereocenters. The molecule has 2 heterocycles. The van der Waals surface area contributed by atoms with E-state index < -0.39 is 0 Å². The fourth-order valence-corrected chi connectivity index (χ4v) is 2.67. The molecule has 7 heteroatoms. The fraction of sp³-hybridized carbons (Fsp3) is 0.200. The van der Waals surface area contributed by atoms with Crippen LogP contribution in [-0.4, -0.2) is 32.9 Å². The Bertz CT molecular complexity index is 725. The van der Waals surface area contributed by atoms with Gasteiger partial charge in [0.05, 0.1) is 12.3 Å². The van der Waals surface area contributed by atoms with Gasteiger partial charge in [-0.2, -0.15) is 4.68 Å². The van der Waals surface area contributed by atoms with Crippen molar-refractivity contribution in [1.82, 2.24) is 20.0 Å². The molecule has 0 fully saturated rings. The maximum Gasteiger partial charge on any atom is 0.211 e. The van der Waals surface area contributed by atoms with Gasteiger partial charge in [0.25, 0.3) is 0 Å². The molecular weight excluding hydrogens is 300 g/mol. The number of hydrogen-bond acceptors (Lipinski definition) is 6. The molecule has 0 saturated heterocycles. The van der Waals surface area contributed by atoms with Gasteiger partial charge in [0.15, 0.2) is 6.29 Å². The molecule has 0 amide bonds. The summed E-state index contributed by atoms with van der Waals surface area (Å²) >= 11 is 1.45. The van der Waals surface area contributed by atoms with Gasteiger partial charge in [-0.15, -0.1) is 16.4 Å². The molecule has 22 heavy (non-hydrogen) atoms. The summed E-state index contributed by atoms with van der Waals surface area (Å²) in [5.41, 5.74) is 1.12. The van der Waals surface area contributed by atoms with Gasteiger partial charge in [-0.25, -0.2) is 4.98 Å². The Hall–Kier alpha value is -2.54. The van der Waals surface area contributed by atoms with Crippen LogP contribution in [0.15, 0.2) is 41.9 Å². The number of nitrogens with zero attached hydrogens (tertiary/aromatic N) is 4. The van der Waals surface area contributed by atoms with Crippen LogP contribution in [0.4, 0.5) is 0 Å². The molecule has 0 aliphatic rings. The molecule has 2 aromatic heterocycles. The van der Waals surface area contributed by atoms with Gasteiger partial charge in [-0.3, -0.25) is 4.79 Å². The van der Waals surface area contributed by atoms with E-state index in [0.29, 0.717) is 23.9 Å². The van der Waals surface area contributed by atoms with E-state index in [9.17, 15) is 4.79 Å². The number of benzene rings is 1. The summed E-state index contributed by atoms with van der Waals surface area (Å²) < 4.78 is 7.28. The van der Waals surface area contributed by atoms with E-state index in [1.807, 2.05) is 35.7 Å².